The maximum Gasteiger partial charge on any atom is 0.265 e. The van der Waals surface area contributed by atoms with E-state index in [1.54, 1.807) is 7.11 Å². The molecule has 1 aliphatic heterocycles. The Morgan fingerprint density at radius 3 is 2.81 bits per heavy atom. The van der Waals surface area contributed by atoms with Crippen LogP contribution in [0.4, 0.5) is 0 Å². The van der Waals surface area contributed by atoms with Gasteiger partial charge in [-0.05, 0) is 50.5 Å². The smallest absolute Gasteiger partial charge is 0.265 e. The molecule has 1 saturated heterocycles. The number of rotatable bonds is 3. The van der Waals surface area contributed by atoms with E-state index in [1.807, 2.05) is 36.1 Å². The van der Waals surface area contributed by atoms with Crippen LogP contribution in [0, 0.1) is 12.8 Å². The van der Waals surface area contributed by atoms with Crippen molar-refractivity contribution in [2.75, 3.05) is 20.2 Å². The topological polar surface area (TPSA) is 62.7 Å². The van der Waals surface area contributed by atoms with Crippen molar-refractivity contribution < 1.29 is 14.6 Å². The molecule has 0 bridgehead atoms. The van der Waals surface area contributed by atoms with Gasteiger partial charge in [0, 0.05) is 24.6 Å². The summed E-state index contributed by atoms with van der Waals surface area (Å²) in [6.07, 6.45) is 4.82. The molecule has 6 heteroatoms. The van der Waals surface area contributed by atoms with E-state index < -0.39 is 5.60 Å². The van der Waals surface area contributed by atoms with E-state index in [9.17, 15) is 9.90 Å². The quantitative estimate of drug-likeness (QED) is 0.869. The average molecular weight is 387 g/mol. The van der Waals surface area contributed by atoms with E-state index in [0.717, 1.165) is 47.7 Å². The fraction of sp³-hybridized carbons (Fsp3) is 0.524. The minimum atomic E-state index is -0.563. The zero-order valence-electron chi connectivity index (χ0n) is 15.9. The van der Waals surface area contributed by atoms with Crippen LogP contribution in [0.1, 0.15) is 47.5 Å². The predicted octanol–water partition coefficient (Wildman–Crippen LogP) is 3.89. The molecule has 2 atom stereocenters. The van der Waals surface area contributed by atoms with Gasteiger partial charge < -0.3 is 14.7 Å². The molecule has 2 aromatic rings. The second-order valence-electron chi connectivity index (χ2n) is 7.71. The number of amides is 1. The maximum atomic E-state index is 13.1. The Bertz CT molecular complexity index is 832. The molecular formula is C21H26N2O3S. The molecule has 2 fully saturated rings. The van der Waals surface area contributed by atoms with Gasteiger partial charge in [-0.2, -0.15) is 0 Å². The third kappa shape index (κ3) is 3.48. The lowest BCUT2D eigenvalue weighted by Crippen LogP contribution is -2.54. The fourth-order valence-electron chi connectivity index (χ4n) is 4.35. The number of likely N-dealkylation sites (tertiary alicyclic amines) is 1. The molecule has 2 heterocycles. The van der Waals surface area contributed by atoms with Crippen LogP contribution in [0.25, 0.3) is 10.6 Å². The SMILES string of the molecule is COc1ccc(-c2nc(C)c(C(=O)N3CC[C@@]4(O)CCCC[C@H]4C3)s2)cc1. The summed E-state index contributed by atoms with van der Waals surface area (Å²) >= 11 is 1.45. The first-order chi connectivity index (χ1) is 13.0. The molecule has 144 valence electrons. The van der Waals surface area contributed by atoms with Crippen LogP contribution >= 0.6 is 11.3 Å². The van der Waals surface area contributed by atoms with Crippen molar-refractivity contribution in [1.82, 2.24) is 9.88 Å². The lowest BCUT2D eigenvalue weighted by Gasteiger charge is -2.47. The Hall–Kier alpha value is -1.92. The molecule has 0 radical (unpaired) electrons. The van der Waals surface area contributed by atoms with Crippen molar-refractivity contribution in [3.63, 3.8) is 0 Å². The van der Waals surface area contributed by atoms with Gasteiger partial charge in [0.1, 0.15) is 15.6 Å². The van der Waals surface area contributed by atoms with Gasteiger partial charge >= 0.3 is 0 Å². The monoisotopic (exact) mass is 386 g/mol. The van der Waals surface area contributed by atoms with E-state index in [-0.39, 0.29) is 11.8 Å². The van der Waals surface area contributed by atoms with Gasteiger partial charge in [-0.1, -0.05) is 12.8 Å². The Morgan fingerprint density at radius 2 is 2.07 bits per heavy atom. The van der Waals surface area contributed by atoms with Gasteiger partial charge in [0.2, 0.25) is 0 Å². The van der Waals surface area contributed by atoms with Crippen LogP contribution in [-0.4, -0.2) is 46.7 Å². The third-order valence-electron chi connectivity index (χ3n) is 6.04. The van der Waals surface area contributed by atoms with Crippen LogP contribution in [0.5, 0.6) is 5.75 Å². The van der Waals surface area contributed by atoms with Gasteiger partial charge in [-0.15, -0.1) is 11.3 Å². The van der Waals surface area contributed by atoms with Crippen molar-refractivity contribution in [2.45, 2.75) is 44.6 Å². The molecule has 27 heavy (non-hydrogen) atoms. The summed E-state index contributed by atoms with van der Waals surface area (Å²) in [6, 6.07) is 7.74. The van der Waals surface area contributed by atoms with Crippen molar-refractivity contribution >= 4 is 17.2 Å². The van der Waals surface area contributed by atoms with Crippen molar-refractivity contribution in [1.29, 1.82) is 0 Å². The number of carbonyl (C=O) groups is 1. The highest BCUT2D eigenvalue weighted by Gasteiger charge is 2.44. The van der Waals surface area contributed by atoms with E-state index in [4.69, 9.17) is 4.74 Å². The molecule has 1 aromatic carbocycles. The number of benzene rings is 1. The number of nitrogens with zero attached hydrogens (tertiary/aromatic N) is 2. The van der Waals surface area contributed by atoms with Gasteiger partial charge in [-0.3, -0.25) is 4.79 Å². The number of piperidine rings is 1. The highest BCUT2D eigenvalue weighted by atomic mass is 32.1. The Labute approximate surface area is 164 Å². The normalized spacial score (nSPS) is 25.1. The number of methoxy groups -OCH3 is 1. The number of ether oxygens (including phenoxy) is 1. The number of hydrogen-bond acceptors (Lipinski definition) is 5. The number of aromatic nitrogens is 1. The first-order valence-electron chi connectivity index (χ1n) is 9.64. The lowest BCUT2D eigenvalue weighted by atomic mass is 9.71. The average Bonchev–Trinajstić information content (AvgIpc) is 3.08. The van der Waals surface area contributed by atoms with Crippen LogP contribution in [0.3, 0.4) is 0 Å². The van der Waals surface area contributed by atoms with Crippen LogP contribution in [0.2, 0.25) is 0 Å². The van der Waals surface area contributed by atoms with Gasteiger partial charge in [-0.25, -0.2) is 4.98 Å². The zero-order valence-corrected chi connectivity index (χ0v) is 16.7. The zero-order chi connectivity index (χ0) is 19.0. The molecule has 1 aromatic heterocycles. The minimum absolute atomic E-state index is 0.0531. The first-order valence-corrected chi connectivity index (χ1v) is 10.5. The van der Waals surface area contributed by atoms with Crippen LogP contribution in [0.15, 0.2) is 24.3 Å². The number of aliphatic hydroxyl groups is 1. The summed E-state index contributed by atoms with van der Waals surface area (Å²) in [5.41, 5.74) is 1.20. The molecule has 1 saturated carbocycles. The molecule has 4 rings (SSSR count). The molecule has 1 N–H and O–H groups in total. The van der Waals surface area contributed by atoms with Gasteiger partial charge in [0.15, 0.2) is 0 Å². The summed E-state index contributed by atoms with van der Waals surface area (Å²) in [6.45, 7) is 3.18. The summed E-state index contributed by atoms with van der Waals surface area (Å²) in [5, 5.41) is 11.7. The maximum absolute atomic E-state index is 13.1. The number of thiazole rings is 1. The second kappa shape index (κ2) is 7.24. The first kappa shape index (κ1) is 18.4. The highest BCUT2D eigenvalue weighted by molar-refractivity contribution is 7.17. The number of hydrogen-bond donors (Lipinski definition) is 1. The molecular weight excluding hydrogens is 360 g/mol. The number of carbonyl (C=O) groups excluding carboxylic acids is 1. The summed E-state index contributed by atoms with van der Waals surface area (Å²) in [4.78, 5) is 20.4. The summed E-state index contributed by atoms with van der Waals surface area (Å²) < 4.78 is 5.20. The van der Waals surface area contributed by atoms with E-state index >= 15 is 0 Å². The Balaban J connectivity index is 1.53. The second-order valence-corrected chi connectivity index (χ2v) is 8.71. The fourth-order valence-corrected chi connectivity index (χ4v) is 5.39. The molecule has 2 aliphatic rings. The molecule has 0 unspecified atom stereocenters. The largest absolute Gasteiger partial charge is 0.497 e. The Morgan fingerprint density at radius 1 is 1.30 bits per heavy atom. The van der Waals surface area contributed by atoms with E-state index in [1.165, 1.54) is 11.3 Å². The lowest BCUT2D eigenvalue weighted by molar-refractivity contribution is -0.0885. The van der Waals surface area contributed by atoms with E-state index in [0.29, 0.717) is 24.4 Å². The summed E-state index contributed by atoms with van der Waals surface area (Å²) in [5.74, 6) is 1.06. The molecule has 1 amide bonds. The molecule has 0 spiro atoms. The number of fused-ring (bicyclic) bond motifs is 1. The highest BCUT2D eigenvalue weighted by Crippen LogP contribution is 2.40. The number of aryl methyl sites for hydroxylation is 1. The summed E-state index contributed by atoms with van der Waals surface area (Å²) in [7, 11) is 1.64. The molecule has 1 aliphatic carbocycles. The molecule has 5 nitrogen and oxygen atoms in total. The van der Waals surface area contributed by atoms with Gasteiger partial charge in [0.25, 0.3) is 5.91 Å². The van der Waals surface area contributed by atoms with Crippen molar-refractivity contribution in [3.05, 3.63) is 34.8 Å². The van der Waals surface area contributed by atoms with E-state index in [2.05, 4.69) is 4.98 Å². The van der Waals surface area contributed by atoms with Crippen LogP contribution in [-0.2, 0) is 0 Å². The third-order valence-corrected chi connectivity index (χ3v) is 7.24. The minimum Gasteiger partial charge on any atom is -0.497 e. The standard InChI is InChI=1S/C21H26N2O3S/c1-14-18(27-19(22-14)15-6-8-17(26-2)9-7-15)20(24)23-12-11-21(25)10-4-3-5-16(21)13-23/h6-9,16,25H,3-5,10-13H2,1-2H3/t16-,21-/m0/s1. The van der Waals surface area contributed by atoms with Crippen molar-refractivity contribution in [2.24, 2.45) is 5.92 Å². The predicted molar refractivity (Wildman–Crippen MR) is 106 cm³/mol. The Kier molecular flexibility index (Phi) is 4.95. The van der Waals surface area contributed by atoms with Crippen LogP contribution < -0.4 is 4.74 Å². The van der Waals surface area contributed by atoms with Gasteiger partial charge in [0.05, 0.1) is 18.4 Å². The van der Waals surface area contributed by atoms with Crippen molar-refractivity contribution in [3.8, 4) is 16.3 Å².